The van der Waals surface area contributed by atoms with Crippen LogP contribution in [0.5, 0.6) is 0 Å². The minimum Gasteiger partial charge on any atom is -0.330 e. The topological polar surface area (TPSA) is 56.7 Å². The molecule has 2 heterocycles. The average molecular weight is 296 g/mol. The summed E-state index contributed by atoms with van der Waals surface area (Å²) >= 11 is 0. The molecule has 2 aliphatic carbocycles. The molecule has 4 heteroatoms. The molecule has 0 saturated heterocycles. The SMILES string of the molecule is CCc1cccc(-c2cn([C@H]3C[C@H](CN)C3)nc2C2CC2)n1. The molecule has 22 heavy (non-hydrogen) atoms. The van der Waals surface area contributed by atoms with Crippen molar-refractivity contribution < 1.29 is 0 Å². The van der Waals surface area contributed by atoms with Crippen molar-refractivity contribution >= 4 is 0 Å². The van der Waals surface area contributed by atoms with Gasteiger partial charge in [0.1, 0.15) is 0 Å². The maximum Gasteiger partial charge on any atom is 0.0749 e. The molecule has 116 valence electrons. The van der Waals surface area contributed by atoms with Crippen molar-refractivity contribution in [2.45, 2.75) is 51.0 Å². The van der Waals surface area contributed by atoms with E-state index in [0.717, 1.165) is 24.4 Å². The lowest BCUT2D eigenvalue weighted by molar-refractivity contribution is 0.189. The van der Waals surface area contributed by atoms with Crippen LogP contribution in [0.2, 0.25) is 0 Å². The summed E-state index contributed by atoms with van der Waals surface area (Å²) in [5.41, 5.74) is 10.5. The Morgan fingerprint density at radius 1 is 1.27 bits per heavy atom. The Labute approximate surface area is 131 Å². The molecule has 0 amide bonds. The fourth-order valence-corrected chi connectivity index (χ4v) is 3.38. The van der Waals surface area contributed by atoms with Crippen molar-refractivity contribution in [1.29, 1.82) is 0 Å². The van der Waals surface area contributed by atoms with Crippen LogP contribution in [0.3, 0.4) is 0 Å². The summed E-state index contributed by atoms with van der Waals surface area (Å²) in [6, 6.07) is 6.87. The van der Waals surface area contributed by atoms with E-state index in [0.29, 0.717) is 17.9 Å². The zero-order chi connectivity index (χ0) is 15.1. The van der Waals surface area contributed by atoms with Gasteiger partial charge < -0.3 is 5.73 Å². The van der Waals surface area contributed by atoms with Crippen molar-refractivity contribution in [1.82, 2.24) is 14.8 Å². The molecule has 2 aromatic heterocycles. The molecule has 0 radical (unpaired) electrons. The first-order valence-electron chi connectivity index (χ1n) is 8.54. The third-order valence-electron chi connectivity index (χ3n) is 5.09. The Balaban J connectivity index is 1.67. The van der Waals surface area contributed by atoms with E-state index in [-0.39, 0.29) is 0 Å². The third kappa shape index (κ3) is 2.45. The molecule has 4 rings (SSSR count). The molecule has 2 saturated carbocycles. The number of aryl methyl sites for hydroxylation is 1. The first-order chi connectivity index (χ1) is 10.8. The van der Waals surface area contributed by atoms with Crippen LogP contribution in [-0.2, 0) is 6.42 Å². The second kappa shape index (κ2) is 5.51. The van der Waals surface area contributed by atoms with E-state index in [2.05, 4.69) is 36.0 Å². The van der Waals surface area contributed by atoms with Gasteiger partial charge in [0.2, 0.25) is 0 Å². The second-order valence-electron chi connectivity index (χ2n) is 6.78. The zero-order valence-corrected chi connectivity index (χ0v) is 13.2. The van der Waals surface area contributed by atoms with E-state index >= 15 is 0 Å². The van der Waals surface area contributed by atoms with Gasteiger partial charge in [0.15, 0.2) is 0 Å². The lowest BCUT2D eigenvalue weighted by atomic mass is 9.80. The van der Waals surface area contributed by atoms with Gasteiger partial charge in [-0.15, -0.1) is 0 Å². The number of hydrogen-bond acceptors (Lipinski definition) is 3. The standard InChI is InChI=1S/C18H24N4/c1-2-14-4-3-5-17(20-14)16-11-22(15-8-12(9-15)10-19)21-18(16)13-6-7-13/h3-5,11-13,15H,2,6-10,19H2,1H3/t12-,15-. The van der Waals surface area contributed by atoms with Crippen LogP contribution in [0.25, 0.3) is 11.3 Å². The first-order valence-corrected chi connectivity index (χ1v) is 8.54. The third-order valence-corrected chi connectivity index (χ3v) is 5.09. The van der Waals surface area contributed by atoms with Crippen molar-refractivity contribution in [2.75, 3.05) is 6.54 Å². The maximum atomic E-state index is 5.75. The predicted molar refractivity (Wildman–Crippen MR) is 87.6 cm³/mol. The molecule has 0 spiro atoms. The summed E-state index contributed by atoms with van der Waals surface area (Å²) in [5.74, 6) is 1.33. The quantitative estimate of drug-likeness (QED) is 0.921. The highest BCUT2D eigenvalue weighted by Crippen LogP contribution is 2.45. The number of hydrogen-bond donors (Lipinski definition) is 1. The van der Waals surface area contributed by atoms with Gasteiger partial charge in [0.25, 0.3) is 0 Å². The van der Waals surface area contributed by atoms with Gasteiger partial charge in [-0.3, -0.25) is 9.67 Å². The molecule has 0 bridgehead atoms. The average Bonchev–Trinajstić information content (AvgIpc) is 3.26. The van der Waals surface area contributed by atoms with Crippen LogP contribution >= 0.6 is 0 Å². The minimum atomic E-state index is 0.536. The number of rotatable bonds is 5. The van der Waals surface area contributed by atoms with Gasteiger partial charge in [-0.1, -0.05) is 13.0 Å². The van der Waals surface area contributed by atoms with Crippen LogP contribution in [0, 0.1) is 5.92 Å². The van der Waals surface area contributed by atoms with Crippen LogP contribution in [0.4, 0.5) is 0 Å². The summed E-state index contributed by atoms with van der Waals surface area (Å²) in [7, 11) is 0. The highest BCUT2D eigenvalue weighted by Gasteiger charge is 2.34. The Morgan fingerprint density at radius 2 is 2.09 bits per heavy atom. The Kier molecular flexibility index (Phi) is 3.49. The van der Waals surface area contributed by atoms with Crippen molar-refractivity contribution in [3.63, 3.8) is 0 Å². The molecule has 0 aliphatic heterocycles. The van der Waals surface area contributed by atoms with Crippen molar-refractivity contribution in [3.05, 3.63) is 35.8 Å². The van der Waals surface area contributed by atoms with Gasteiger partial charge in [0, 0.05) is 23.4 Å². The predicted octanol–water partition coefficient (Wildman–Crippen LogP) is 3.29. The summed E-state index contributed by atoms with van der Waals surface area (Å²) in [5, 5.41) is 4.93. The molecule has 2 aromatic rings. The Morgan fingerprint density at radius 3 is 2.77 bits per heavy atom. The molecule has 4 nitrogen and oxygen atoms in total. The van der Waals surface area contributed by atoms with Crippen molar-refractivity contribution in [2.24, 2.45) is 11.7 Å². The van der Waals surface area contributed by atoms with Crippen LogP contribution in [-0.4, -0.2) is 21.3 Å². The van der Waals surface area contributed by atoms with Gasteiger partial charge in [-0.05, 0) is 56.7 Å². The molecule has 0 aromatic carbocycles. The van der Waals surface area contributed by atoms with Gasteiger partial charge in [0.05, 0.1) is 17.4 Å². The second-order valence-corrected chi connectivity index (χ2v) is 6.78. The Bertz CT molecular complexity index is 665. The molecule has 2 fully saturated rings. The normalized spacial score (nSPS) is 24.3. The maximum absolute atomic E-state index is 5.75. The minimum absolute atomic E-state index is 0.536. The molecule has 2 aliphatic rings. The Hall–Kier alpha value is -1.68. The van der Waals surface area contributed by atoms with Gasteiger partial charge in [-0.25, -0.2) is 0 Å². The van der Waals surface area contributed by atoms with Gasteiger partial charge >= 0.3 is 0 Å². The number of aromatic nitrogens is 3. The largest absolute Gasteiger partial charge is 0.330 e. The molecule has 2 N–H and O–H groups in total. The fourth-order valence-electron chi connectivity index (χ4n) is 3.38. The lowest BCUT2D eigenvalue weighted by Gasteiger charge is -2.34. The molecular weight excluding hydrogens is 272 g/mol. The highest BCUT2D eigenvalue weighted by atomic mass is 15.3. The number of nitrogens with two attached hydrogens (primary N) is 1. The summed E-state index contributed by atoms with van der Waals surface area (Å²) in [6.07, 6.45) is 8.09. The van der Waals surface area contributed by atoms with Gasteiger partial charge in [-0.2, -0.15) is 5.10 Å². The number of nitrogens with zero attached hydrogens (tertiary/aromatic N) is 3. The fraction of sp³-hybridized carbons (Fsp3) is 0.556. The zero-order valence-electron chi connectivity index (χ0n) is 13.2. The van der Waals surface area contributed by atoms with Crippen LogP contribution in [0.15, 0.2) is 24.4 Å². The van der Waals surface area contributed by atoms with Crippen LogP contribution < -0.4 is 5.73 Å². The van der Waals surface area contributed by atoms with E-state index in [4.69, 9.17) is 15.8 Å². The molecule has 0 atom stereocenters. The summed E-state index contributed by atoms with van der Waals surface area (Å²) < 4.78 is 2.19. The van der Waals surface area contributed by atoms with E-state index in [1.54, 1.807) is 0 Å². The van der Waals surface area contributed by atoms with E-state index in [9.17, 15) is 0 Å². The molecular formula is C18H24N4. The number of pyridine rings is 1. The van der Waals surface area contributed by atoms with Crippen molar-refractivity contribution in [3.8, 4) is 11.3 Å². The monoisotopic (exact) mass is 296 g/mol. The first kappa shape index (κ1) is 13.9. The summed E-state index contributed by atoms with van der Waals surface area (Å²) in [4.78, 5) is 4.81. The van der Waals surface area contributed by atoms with E-state index in [1.165, 1.54) is 36.9 Å². The summed E-state index contributed by atoms with van der Waals surface area (Å²) in [6.45, 7) is 2.96. The highest BCUT2D eigenvalue weighted by molar-refractivity contribution is 5.63. The smallest absolute Gasteiger partial charge is 0.0749 e. The van der Waals surface area contributed by atoms with E-state index in [1.807, 2.05) is 0 Å². The van der Waals surface area contributed by atoms with E-state index < -0.39 is 0 Å². The van der Waals surface area contributed by atoms with Crippen LogP contribution in [0.1, 0.15) is 56.0 Å². The molecule has 0 unspecified atom stereocenters. The lowest BCUT2D eigenvalue weighted by Crippen LogP contribution is -2.32.